The SMILES string of the molecule is NCc1ccc(OCc2ncccn2)cn1. The van der Waals surface area contributed by atoms with Crippen LogP contribution in [0.15, 0.2) is 36.8 Å². The second-order valence-corrected chi connectivity index (χ2v) is 3.14. The molecule has 2 rings (SSSR count). The van der Waals surface area contributed by atoms with Crippen LogP contribution in [0.4, 0.5) is 0 Å². The van der Waals surface area contributed by atoms with E-state index < -0.39 is 0 Å². The summed E-state index contributed by atoms with van der Waals surface area (Å²) >= 11 is 0. The topological polar surface area (TPSA) is 73.9 Å². The lowest BCUT2D eigenvalue weighted by Gasteiger charge is -2.04. The van der Waals surface area contributed by atoms with Crippen molar-refractivity contribution in [2.24, 2.45) is 5.73 Å². The van der Waals surface area contributed by atoms with Crippen molar-refractivity contribution in [1.29, 1.82) is 0 Å². The van der Waals surface area contributed by atoms with Gasteiger partial charge in [-0.3, -0.25) is 4.98 Å². The van der Waals surface area contributed by atoms with Crippen LogP contribution in [0.2, 0.25) is 0 Å². The van der Waals surface area contributed by atoms with Crippen LogP contribution < -0.4 is 10.5 Å². The van der Waals surface area contributed by atoms with Crippen LogP contribution in [-0.2, 0) is 13.2 Å². The molecule has 0 aliphatic heterocycles. The molecule has 0 fully saturated rings. The summed E-state index contributed by atoms with van der Waals surface area (Å²) in [6.45, 7) is 0.770. The fraction of sp³-hybridized carbons (Fsp3) is 0.182. The summed E-state index contributed by atoms with van der Waals surface area (Å²) in [5, 5.41) is 0. The molecule has 2 heterocycles. The summed E-state index contributed by atoms with van der Waals surface area (Å²) in [5.74, 6) is 1.33. The van der Waals surface area contributed by atoms with Crippen molar-refractivity contribution in [3.8, 4) is 5.75 Å². The van der Waals surface area contributed by atoms with E-state index in [0.29, 0.717) is 24.7 Å². The van der Waals surface area contributed by atoms with Gasteiger partial charge in [0.1, 0.15) is 12.4 Å². The van der Waals surface area contributed by atoms with Crippen LogP contribution in [-0.4, -0.2) is 15.0 Å². The number of hydrogen-bond acceptors (Lipinski definition) is 5. The molecule has 0 aliphatic carbocycles. The second kappa shape index (κ2) is 5.18. The Balaban J connectivity index is 1.94. The molecule has 0 radical (unpaired) electrons. The molecule has 0 amide bonds. The molecule has 2 N–H and O–H groups in total. The molecule has 0 bridgehead atoms. The Kier molecular flexibility index (Phi) is 3.40. The maximum atomic E-state index is 5.46. The average Bonchev–Trinajstić information content (AvgIpc) is 2.38. The molecule has 0 aliphatic rings. The van der Waals surface area contributed by atoms with Gasteiger partial charge in [-0.1, -0.05) is 0 Å². The van der Waals surface area contributed by atoms with Gasteiger partial charge in [0.05, 0.1) is 11.9 Å². The zero-order valence-corrected chi connectivity index (χ0v) is 8.71. The first-order valence-corrected chi connectivity index (χ1v) is 4.92. The smallest absolute Gasteiger partial charge is 0.166 e. The van der Waals surface area contributed by atoms with Crippen LogP contribution >= 0.6 is 0 Å². The molecular weight excluding hydrogens is 204 g/mol. The van der Waals surface area contributed by atoms with Crippen molar-refractivity contribution in [3.63, 3.8) is 0 Å². The van der Waals surface area contributed by atoms with E-state index >= 15 is 0 Å². The minimum absolute atomic E-state index is 0.338. The molecule has 2 aromatic heterocycles. The van der Waals surface area contributed by atoms with Crippen molar-refractivity contribution in [2.75, 3.05) is 0 Å². The maximum Gasteiger partial charge on any atom is 0.166 e. The van der Waals surface area contributed by atoms with E-state index in [1.165, 1.54) is 0 Å². The van der Waals surface area contributed by atoms with Crippen LogP contribution in [0.3, 0.4) is 0 Å². The van der Waals surface area contributed by atoms with E-state index in [0.717, 1.165) is 5.69 Å². The van der Waals surface area contributed by atoms with Gasteiger partial charge >= 0.3 is 0 Å². The Hall–Kier alpha value is -2.01. The number of aromatic nitrogens is 3. The van der Waals surface area contributed by atoms with E-state index in [2.05, 4.69) is 15.0 Å². The van der Waals surface area contributed by atoms with E-state index in [1.54, 1.807) is 24.7 Å². The van der Waals surface area contributed by atoms with Crippen LogP contribution in [0.1, 0.15) is 11.5 Å². The molecular formula is C11H12N4O. The lowest BCUT2D eigenvalue weighted by Crippen LogP contribution is -2.02. The zero-order valence-electron chi connectivity index (χ0n) is 8.71. The molecule has 16 heavy (non-hydrogen) atoms. The molecule has 5 heteroatoms. The summed E-state index contributed by atoms with van der Waals surface area (Å²) in [4.78, 5) is 12.2. The first-order chi connectivity index (χ1) is 7.88. The Morgan fingerprint density at radius 1 is 1.12 bits per heavy atom. The summed E-state index contributed by atoms with van der Waals surface area (Å²) in [7, 11) is 0. The van der Waals surface area contributed by atoms with E-state index in [4.69, 9.17) is 10.5 Å². The molecule has 82 valence electrons. The van der Waals surface area contributed by atoms with E-state index in [-0.39, 0.29) is 0 Å². The van der Waals surface area contributed by atoms with E-state index in [9.17, 15) is 0 Å². The standard InChI is InChI=1S/C11H12N4O/c12-6-9-2-3-10(7-15-9)16-8-11-13-4-1-5-14-11/h1-5,7H,6,8,12H2. The average molecular weight is 216 g/mol. The Morgan fingerprint density at radius 2 is 1.94 bits per heavy atom. The van der Waals surface area contributed by atoms with Gasteiger partial charge in [0.25, 0.3) is 0 Å². The lowest BCUT2D eigenvalue weighted by atomic mass is 10.3. The number of nitrogens with two attached hydrogens (primary N) is 1. The Bertz CT molecular complexity index is 429. The minimum Gasteiger partial charge on any atom is -0.484 e. The summed E-state index contributed by atoms with van der Waals surface area (Å²) < 4.78 is 5.46. The minimum atomic E-state index is 0.338. The van der Waals surface area contributed by atoms with Gasteiger partial charge in [-0.05, 0) is 18.2 Å². The number of ether oxygens (including phenoxy) is 1. The normalized spacial score (nSPS) is 10.1. The molecule has 0 atom stereocenters. The highest BCUT2D eigenvalue weighted by molar-refractivity contribution is 5.19. The van der Waals surface area contributed by atoms with Gasteiger partial charge in [-0.2, -0.15) is 0 Å². The quantitative estimate of drug-likeness (QED) is 0.822. The highest BCUT2D eigenvalue weighted by Crippen LogP contribution is 2.10. The Morgan fingerprint density at radius 3 is 2.56 bits per heavy atom. The molecule has 0 saturated carbocycles. The van der Waals surface area contributed by atoms with Crippen molar-refractivity contribution in [1.82, 2.24) is 15.0 Å². The molecule has 0 aromatic carbocycles. The summed E-state index contributed by atoms with van der Waals surface area (Å²) in [6.07, 6.45) is 5.01. The van der Waals surface area contributed by atoms with Crippen LogP contribution in [0, 0.1) is 0 Å². The fourth-order valence-electron chi connectivity index (χ4n) is 1.17. The molecule has 0 spiro atoms. The first-order valence-electron chi connectivity index (χ1n) is 4.92. The molecule has 0 saturated heterocycles. The lowest BCUT2D eigenvalue weighted by molar-refractivity contribution is 0.294. The predicted molar refractivity (Wildman–Crippen MR) is 58.5 cm³/mol. The van der Waals surface area contributed by atoms with E-state index in [1.807, 2.05) is 12.1 Å². The monoisotopic (exact) mass is 216 g/mol. The van der Waals surface area contributed by atoms with Crippen LogP contribution in [0.5, 0.6) is 5.75 Å². The van der Waals surface area contributed by atoms with Gasteiger partial charge in [0.2, 0.25) is 0 Å². The Labute approximate surface area is 93.3 Å². The second-order valence-electron chi connectivity index (χ2n) is 3.14. The van der Waals surface area contributed by atoms with Gasteiger partial charge < -0.3 is 10.5 Å². The van der Waals surface area contributed by atoms with Crippen molar-refractivity contribution in [3.05, 3.63) is 48.3 Å². The highest BCUT2D eigenvalue weighted by atomic mass is 16.5. The van der Waals surface area contributed by atoms with Crippen molar-refractivity contribution < 1.29 is 4.74 Å². The first kappa shape index (κ1) is 10.5. The highest BCUT2D eigenvalue weighted by Gasteiger charge is 1.98. The van der Waals surface area contributed by atoms with Crippen molar-refractivity contribution in [2.45, 2.75) is 13.2 Å². The van der Waals surface area contributed by atoms with Gasteiger partial charge in [-0.15, -0.1) is 0 Å². The largest absolute Gasteiger partial charge is 0.484 e. The van der Waals surface area contributed by atoms with Gasteiger partial charge in [0, 0.05) is 18.9 Å². The van der Waals surface area contributed by atoms with Crippen molar-refractivity contribution >= 4 is 0 Å². The third-order valence-corrected chi connectivity index (χ3v) is 1.99. The zero-order chi connectivity index (χ0) is 11.2. The number of nitrogens with zero attached hydrogens (tertiary/aromatic N) is 3. The fourth-order valence-corrected chi connectivity index (χ4v) is 1.17. The molecule has 2 aromatic rings. The molecule has 5 nitrogen and oxygen atoms in total. The van der Waals surface area contributed by atoms with Crippen LogP contribution in [0.25, 0.3) is 0 Å². The molecule has 0 unspecified atom stereocenters. The van der Waals surface area contributed by atoms with Gasteiger partial charge in [0.15, 0.2) is 5.82 Å². The summed E-state index contributed by atoms with van der Waals surface area (Å²) in [6, 6.07) is 5.43. The third-order valence-electron chi connectivity index (χ3n) is 1.99. The number of hydrogen-bond donors (Lipinski definition) is 1. The number of rotatable bonds is 4. The predicted octanol–water partition coefficient (Wildman–Crippen LogP) is 0.909. The third kappa shape index (κ3) is 2.74. The summed E-state index contributed by atoms with van der Waals surface area (Å²) in [5.41, 5.74) is 6.28. The van der Waals surface area contributed by atoms with Gasteiger partial charge in [-0.25, -0.2) is 9.97 Å². The maximum absolute atomic E-state index is 5.46. The number of pyridine rings is 1.